The van der Waals surface area contributed by atoms with Gasteiger partial charge in [0.05, 0.1) is 0 Å². The Bertz CT molecular complexity index is 1180. The first kappa shape index (κ1) is 22.0. The predicted octanol–water partition coefficient (Wildman–Crippen LogP) is 3.99. The summed E-state index contributed by atoms with van der Waals surface area (Å²) in [5.41, 5.74) is 4.49. The van der Waals surface area contributed by atoms with Gasteiger partial charge in [0.25, 0.3) is 5.91 Å². The topological polar surface area (TPSA) is 109 Å². The quantitative estimate of drug-likeness (QED) is 0.594. The first-order valence-corrected chi connectivity index (χ1v) is 10.5. The van der Waals surface area contributed by atoms with E-state index in [9.17, 15) is 14.4 Å². The number of nitrogens with one attached hydrogen (secondary N) is 1. The van der Waals surface area contributed by atoms with Crippen molar-refractivity contribution in [2.24, 2.45) is 0 Å². The number of rotatable bonds is 6. The molecule has 8 nitrogen and oxygen atoms in total. The van der Waals surface area contributed by atoms with Gasteiger partial charge in [0.15, 0.2) is 0 Å². The number of anilines is 1. The summed E-state index contributed by atoms with van der Waals surface area (Å²) in [4.78, 5) is 41.3. The Kier molecular flexibility index (Phi) is 6.08. The number of amides is 2. The molecule has 2 N–H and O–H groups in total. The first-order valence-electron chi connectivity index (χ1n) is 10.5. The molecule has 0 fully saturated rings. The number of benzene rings is 2. The maximum Gasteiger partial charge on any atom is 0.412 e. The van der Waals surface area contributed by atoms with Gasteiger partial charge in [0.1, 0.15) is 24.2 Å². The van der Waals surface area contributed by atoms with E-state index in [4.69, 9.17) is 9.84 Å². The molecule has 1 atom stereocenters. The molecule has 1 aliphatic carbocycles. The van der Waals surface area contributed by atoms with Crippen molar-refractivity contribution in [1.29, 1.82) is 0 Å². The molecule has 0 saturated carbocycles. The van der Waals surface area contributed by atoms with Crippen LogP contribution in [0.5, 0.6) is 0 Å². The standard InChI is InChI=1S/C25H23N3O5/c1-15(24(30)31)28(2)23(29)21-12-7-13-22(26-21)27-25(32)33-14-20-18-10-5-3-8-16(18)17-9-4-6-11-19(17)20/h3-13,15,20H,14H2,1-2H3,(H,30,31)(H,26,27,32). The van der Waals surface area contributed by atoms with Crippen molar-refractivity contribution in [2.75, 3.05) is 19.0 Å². The van der Waals surface area contributed by atoms with Crippen LogP contribution in [0.15, 0.2) is 66.7 Å². The Morgan fingerprint density at radius 3 is 2.21 bits per heavy atom. The summed E-state index contributed by atoms with van der Waals surface area (Å²) in [6.45, 7) is 1.55. The van der Waals surface area contributed by atoms with Gasteiger partial charge in [0, 0.05) is 13.0 Å². The van der Waals surface area contributed by atoms with Crippen molar-refractivity contribution in [3.63, 3.8) is 0 Å². The molecular weight excluding hydrogens is 422 g/mol. The largest absolute Gasteiger partial charge is 0.480 e. The van der Waals surface area contributed by atoms with E-state index in [1.165, 1.54) is 26.1 Å². The van der Waals surface area contributed by atoms with E-state index in [0.717, 1.165) is 27.2 Å². The van der Waals surface area contributed by atoms with Gasteiger partial charge in [-0.3, -0.25) is 10.1 Å². The minimum Gasteiger partial charge on any atom is -0.480 e. The smallest absolute Gasteiger partial charge is 0.412 e. The molecule has 8 heteroatoms. The third-order valence-corrected chi connectivity index (χ3v) is 5.80. The zero-order chi connectivity index (χ0) is 23.5. The van der Waals surface area contributed by atoms with Crippen molar-refractivity contribution in [1.82, 2.24) is 9.88 Å². The number of nitrogens with zero attached hydrogens (tertiary/aromatic N) is 2. The lowest BCUT2D eigenvalue weighted by Crippen LogP contribution is -2.40. The lowest BCUT2D eigenvalue weighted by Gasteiger charge is -2.21. The molecular formula is C25H23N3O5. The zero-order valence-electron chi connectivity index (χ0n) is 18.2. The van der Waals surface area contributed by atoms with E-state index in [0.29, 0.717) is 0 Å². The highest BCUT2D eigenvalue weighted by molar-refractivity contribution is 5.95. The Morgan fingerprint density at radius 1 is 1.00 bits per heavy atom. The van der Waals surface area contributed by atoms with Crippen molar-refractivity contribution >= 4 is 23.8 Å². The molecule has 0 saturated heterocycles. The third-order valence-electron chi connectivity index (χ3n) is 5.80. The Balaban J connectivity index is 1.43. The van der Waals surface area contributed by atoms with Gasteiger partial charge >= 0.3 is 12.1 Å². The zero-order valence-corrected chi connectivity index (χ0v) is 18.2. The van der Waals surface area contributed by atoms with Crippen molar-refractivity contribution in [3.8, 4) is 11.1 Å². The lowest BCUT2D eigenvalue weighted by molar-refractivity contribution is -0.141. The average Bonchev–Trinajstić information content (AvgIpc) is 3.15. The molecule has 0 spiro atoms. The van der Waals surface area contributed by atoms with Crippen LogP contribution in [0, 0.1) is 0 Å². The molecule has 1 aliphatic rings. The van der Waals surface area contributed by atoms with Crippen LogP contribution < -0.4 is 5.32 Å². The summed E-state index contributed by atoms with van der Waals surface area (Å²) in [5, 5.41) is 11.6. The fourth-order valence-corrected chi connectivity index (χ4v) is 3.88. The van der Waals surface area contributed by atoms with Crippen LogP contribution in [0.1, 0.15) is 34.5 Å². The second-order valence-electron chi connectivity index (χ2n) is 7.79. The van der Waals surface area contributed by atoms with Crippen LogP contribution in [0.2, 0.25) is 0 Å². The van der Waals surface area contributed by atoms with Gasteiger partial charge in [-0.05, 0) is 41.3 Å². The number of aliphatic carboxylic acids is 1. The summed E-state index contributed by atoms with van der Waals surface area (Å²) in [7, 11) is 1.38. The number of carbonyl (C=O) groups is 3. The molecule has 3 aromatic rings. The van der Waals surface area contributed by atoms with Crippen LogP contribution in [0.4, 0.5) is 10.6 Å². The third kappa shape index (κ3) is 4.41. The maximum atomic E-state index is 12.5. The molecule has 1 aromatic heterocycles. The summed E-state index contributed by atoms with van der Waals surface area (Å²) in [6, 6.07) is 19.6. The minimum atomic E-state index is -1.13. The van der Waals surface area contributed by atoms with E-state index in [1.807, 2.05) is 36.4 Å². The second kappa shape index (κ2) is 9.12. The minimum absolute atomic E-state index is 0.0158. The van der Waals surface area contributed by atoms with Gasteiger partial charge < -0.3 is 14.7 Å². The Morgan fingerprint density at radius 2 is 1.61 bits per heavy atom. The van der Waals surface area contributed by atoms with Crippen LogP contribution in [-0.2, 0) is 9.53 Å². The summed E-state index contributed by atoms with van der Waals surface area (Å²) < 4.78 is 5.50. The fraction of sp³-hybridized carbons (Fsp3) is 0.200. The second-order valence-corrected chi connectivity index (χ2v) is 7.79. The number of carbonyl (C=O) groups excluding carboxylic acids is 2. The molecule has 2 aromatic carbocycles. The number of likely N-dealkylation sites (N-methyl/N-ethyl adjacent to an activating group) is 1. The number of hydrogen-bond donors (Lipinski definition) is 2. The number of carboxylic acids is 1. The monoisotopic (exact) mass is 445 g/mol. The number of pyridine rings is 1. The number of aromatic nitrogens is 1. The molecule has 168 valence electrons. The molecule has 0 bridgehead atoms. The first-order chi connectivity index (χ1) is 15.9. The van der Waals surface area contributed by atoms with Crippen LogP contribution in [0.3, 0.4) is 0 Å². The van der Waals surface area contributed by atoms with E-state index in [1.54, 1.807) is 6.07 Å². The van der Waals surface area contributed by atoms with Crippen molar-refractivity contribution in [2.45, 2.75) is 18.9 Å². The summed E-state index contributed by atoms with van der Waals surface area (Å²) >= 11 is 0. The highest BCUT2D eigenvalue weighted by Gasteiger charge is 2.29. The molecule has 1 heterocycles. The van der Waals surface area contributed by atoms with E-state index in [-0.39, 0.29) is 24.0 Å². The maximum absolute atomic E-state index is 12.5. The van der Waals surface area contributed by atoms with Crippen LogP contribution in [-0.4, -0.2) is 52.7 Å². The van der Waals surface area contributed by atoms with E-state index < -0.39 is 24.0 Å². The number of ether oxygens (including phenoxy) is 1. The van der Waals surface area contributed by atoms with Crippen molar-refractivity contribution < 1.29 is 24.2 Å². The summed E-state index contributed by atoms with van der Waals surface area (Å²) in [5.74, 6) is -1.63. The normalized spacial score (nSPS) is 12.9. The molecule has 4 rings (SSSR count). The van der Waals surface area contributed by atoms with Crippen molar-refractivity contribution in [3.05, 3.63) is 83.6 Å². The van der Waals surface area contributed by atoms with Gasteiger partial charge in [0.2, 0.25) is 0 Å². The van der Waals surface area contributed by atoms with E-state index in [2.05, 4.69) is 22.4 Å². The fourth-order valence-electron chi connectivity index (χ4n) is 3.88. The lowest BCUT2D eigenvalue weighted by atomic mass is 9.98. The molecule has 0 radical (unpaired) electrons. The number of fused-ring (bicyclic) bond motifs is 3. The molecule has 1 unspecified atom stereocenters. The van der Waals surface area contributed by atoms with Crippen LogP contribution >= 0.6 is 0 Å². The predicted molar refractivity (Wildman–Crippen MR) is 122 cm³/mol. The molecule has 33 heavy (non-hydrogen) atoms. The highest BCUT2D eigenvalue weighted by Crippen LogP contribution is 2.44. The Labute approximate surface area is 190 Å². The number of carboxylic acid groups (broad SMARTS) is 1. The SMILES string of the molecule is CC(C(=O)O)N(C)C(=O)c1cccc(NC(=O)OCC2c3ccccc3-c3ccccc32)n1. The van der Waals surface area contributed by atoms with Gasteiger partial charge in [-0.2, -0.15) is 0 Å². The van der Waals surface area contributed by atoms with E-state index >= 15 is 0 Å². The molecule has 0 aliphatic heterocycles. The number of hydrogen-bond acceptors (Lipinski definition) is 5. The average molecular weight is 445 g/mol. The van der Waals surface area contributed by atoms with Gasteiger partial charge in [-0.1, -0.05) is 54.6 Å². The van der Waals surface area contributed by atoms with Crippen LogP contribution in [0.25, 0.3) is 11.1 Å². The summed E-state index contributed by atoms with van der Waals surface area (Å²) in [6.07, 6.45) is -0.693. The Hall–Kier alpha value is -4.20. The van der Waals surface area contributed by atoms with Gasteiger partial charge in [-0.25, -0.2) is 14.6 Å². The molecule has 2 amide bonds. The van der Waals surface area contributed by atoms with Gasteiger partial charge in [-0.15, -0.1) is 0 Å². The highest BCUT2D eigenvalue weighted by atomic mass is 16.5.